The minimum atomic E-state index is -0.661. The van der Waals surface area contributed by atoms with Crippen LogP contribution in [-0.4, -0.2) is 67.0 Å². The molecule has 72 heavy (non-hydrogen) atoms. The highest BCUT2D eigenvalue weighted by Gasteiger charge is 2.35. The SMILES string of the molecule is CCCCCC[NH2+]Cc1c(O)c2cc(c1O)C(C)c1cc(c(O)c(C[NH2+]CCCCCC)c1O)C(C)c1cc(c(O)c(C[NH2+]CCCCCC)c1O)C(C)c1cc(c(O)c(C[NH2+]CCCCCC)c1O)C2C. The molecule has 0 aliphatic heterocycles. The third-order valence-corrected chi connectivity index (χ3v) is 15.9. The van der Waals surface area contributed by atoms with Gasteiger partial charge in [0.1, 0.15) is 72.2 Å². The van der Waals surface area contributed by atoms with E-state index in [1.807, 2.05) is 27.7 Å². The molecule has 0 saturated carbocycles. The van der Waals surface area contributed by atoms with E-state index in [1.54, 1.807) is 24.3 Å². The van der Waals surface area contributed by atoms with Gasteiger partial charge < -0.3 is 62.1 Å². The minimum absolute atomic E-state index is 0.0769. The number of aromatic hydroxyl groups is 8. The Bertz CT molecular complexity index is 1930. The van der Waals surface area contributed by atoms with Gasteiger partial charge in [-0.2, -0.15) is 0 Å². The number of hydrogen-bond acceptors (Lipinski definition) is 8. The summed E-state index contributed by atoms with van der Waals surface area (Å²) >= 11 is 0. The minimum Gasteiger partial charge on any atom is -0.507 e. The zero-order valence-electron chi connectivity index (χ0n) is 45.5. The Hall–Kier alpha value is -4.88. The lowest BCUT2D eigenvalue weighted by molar-refractivity contribution is -0.671. The second-order valence-electron chi connectivity index (χ2n) is 21.2. The molecule has 0 saturated heterocycles. The number of phenolic OH excluding ortho intramolecular Hbond substituents is 8. The van der Waals surface area contributed by atoms with Crippen LogP contribution in [-0.2, 0) is 26.2 Å². The van der Waals surface area contributed by atoms with Crippen LogP contribution in [0.3, 0.4) is 0 Å². The number of unbranched alkanes of at least 4 members (excludes halogenated alkanes) is 12. The molecule has 1 aliphatic carbocycles. The van der Waals surface area contributed by atoms with Gasteiger partial charge in [0.25, 0.3) is 0 Å². The van der Waals surface area contributed by atoms with Crippen LogP contribution in [0, 0.1) is 0 Å². The summed E-state index contributed by atoms with van der Waals surface area (Å²) in [4.78, 5) is 0. The van der Waals surface area contributed by atoms with Crippen molar-refractivity contribution in [1.29, 1.82) is 0 Å². The molecule has 0 radical (unpaired) electrons. The van der Waals surface area contributed by atoms with E-state index < -0.39 is 23.7 Å². The van der Waals surface area contributed by atoms with Crippen molar-refractivity contribution in [3.63, 3.8) is 0 Å². The van der Waals surface area contributed by atoms with Crippen molar-refractivity contribution in [2.45, 2.75) is 208 Å². The lowest BCUT2D eigenvalue weighted by atomic mass is 9.78. The summed E-state index contributed by atoms with van der Waals surface area (Å²) in [5.41, 5.74) is 5.24. The molecule has 0 aromatic heterocycles. The number of hydrogen-bond donors (Lipinski definition) is 12. The Balaban J connectivity index is 1.83. The van der Waals surface area contributed by atoms with E-state index in [2.05, 4.69) is 49.0 Å². The fourth-order valence-electron chi connectivity index (χ4n) is 11.0. The van der Waals surface area contributed by atoms with Gasteiger partial charge in [-0.1, -0.05) is 107 Å². The zero-order chi connectivity index (χ0) is 52.5. The maximum atomic E-state index is 12.4. The molecule has 12 nitrogen and oxygen atoms in total. The summed E-state index contributed by atoms with van der Waals surface area (Å²) in [6.45, 7) is 20.7. The fourth-order valence-corrected chi connectivity index (χ4v) is 11.0. The number of nitrogens with two attached hydrogens (primary N) is 4. The predicted molar refractivity (Wildman–Crippen MR) is 288 cm³/mol. The van der Waals surface area contributed by atoms with E-state index in [0.29, 0.717) is 92.9 Å². The summed E-state index contributed by atoms with van der Waals surface area (Å²) in [6.07, 6.45) is 17.3. The number of benzene rings is 4. The van der Waals surface area contributed by atoms with Crippen molar-refractivity contribution < 1.29 is 62.1 Å². The van der Waals surface area contributed by atoms with Crippen LogP contribution in [0.15, 0.2) is 24.3 Å². The lowest BCUT2D eigenvalue weighted by Gasteiger charge is -2.28. The van der Waals surface area contributed by atoms with Crippen LogP contribution in [0.5, 0.6) is 46.0 Å². The topological polar surface area (TPSA) is 228 Å². The molecule has 5 rings (SSSR count). The molecule has 8 bridgehead atoms. The van der Waals surface area contributed by atoms with Crippen molar-refractivity contribution in [3.05, 3.63) is 91.0 Å². The second kappa shape index (κ2) is 28.5. The molecule has 16 N–H and O–H groups in total. The maximum Gasteiger partial charge on any atom is 0.131 e. The Kier molecular flexibility index (Phi) is 23.0. The summed E-state index contributed by atoms with van der Waals surface area (Å²) in [5, 5.41) is 108. The number of rotatable bonds is 28. The van der Waals surface area contributed by atoms with Crippen molar-refractivity contribution in [2.24, 2.45) is 0 Å². The molecular weight excluding hydrogens is 905 g/mol. The first kappa shape index (κ1) is 58.0. The Morgan fingerprint density at radius 1 is 0.278 bits per heavy atom. The normalized spacial score (nSPS) is 16.7. The summed E-state index contributed by atoms with van der Waals surface area (Å²) in [6, 6.07) is 7.13. The molecule has 1 aliphatic rings. The molecule has 0 heterocycles. The van der Waals surface area contributed by atoms with Gasteiger partial charge in [0.05, 0.1) is 48.4 Å². The quantitative estimate of drug-likeness (QED) is 0.0246. The van der Waals surface area contributed by atoms with Crippen LogP contribution in [0.1, 0.15) is 249 Å². The molecule has 0 fully saturated rings. The maximum absolute atomic E-state index is 12.4. The second-order valence-corrected chi connectivity index (χ2v) is 21.2. The van der Waals surface area contributed by atoms with Crippen LogP contribution in [0.25, 0.3) is 0 Å². The number of phenols is 8. The fraction of sp³-hybridized carbons (Fsp3) is 0.600. The first-order valence-corrected chi connectivity index (χ1v) is 28.2. The summed E-state index contributed by atoms with van der Waals surface area (Å²) in [7, 11) is 0. The molecule has 0 unspecified atom stereocenters. The first-order valence-electron chi connectivity index (χ1n) is 28.2. The molecule has 0 amide bonds. The predicted octanol–water partition coefficient (Wildman–Crippen LogP) is 8.83. The molecular formula is C60H96N4O8+4. The average molecular weight is 1000 g/mol. The van der Waals surface area contributed by atoms with Crippen LogP contribution >= 0.6 is 0 Å². The van der Waals surface area contributed by atoms with Gasteiger partial charge in [-0.15, -0.1) is 0 Å². The Morgan fingerprint density at radius 3 is 0.597 bits per heavy atom. The smallest absolute Gasteiger partial charge is 0.131 e. The van der Waals surface area contributed by atoms with E-state index in [0.717, 1.165) is 129 Å². The van der Waals surface area contributed by atoms with Gasteiger partial charge >= 0.3 is 0 Å². The van der Waals surface area contributed by atoms with E-state index >= 15 is 0 Å². The molecule has 4 aromatic rings. The van der Waals surface area contributed by atoms with E-state index in [-0.39, 0.29) is 46.0 Å². The highest BCUT2D eigenvalue weighted by Crippen LogP contribution is 2.53. The molecule has 0 spiro atoms. The van der Waals surface area contributed by atoms with Gasteiger partial charge in [-0.3, -0.25) is 0 Å². The van der Waals surface area contributed by atoms with Crippen LogP contribution in [0.4, 0.5) is 0 Å². The number of quaternary nitrogens is 4. The molecule has 400 valence electrons. The Labute approximate surface area is 431 Å². The van der Waals surface area contributed by atoms with Gasteiger partial charge in [0.15, 0.2) is 0 Å². The van der Waals surface area contributed by atoms with Crippen LogP contribution < -0.4 is 21.3 Å². The van der Waals surface area contributed by atoms with Crippen LogP contribution in [0.2, 0.25) is 0 Å². The van der Waals surface area contributed by atoms with Gasteiger partial charge in [-0.05, 0) is 75.6 Å². The van der Waals surface area contributed by atoms with E-state index in [1.165, 1.54) is 0 Å². The monoisotopic (exact) mass is 1000 g/mol. The third-order valence-electron chi connectivity index (χ3n) is 15.9. The van der Waals surface area contributed by atoms with Crippen molar-refractivity contribution >= 4 is 0 Å². The standard InChI is InChI=1S/C60H92N4O8/c1-9-13-17-21-25-61-33-49-53(65)41-29-42(54(49)66)38(6)44-31-46(58(70)51(56(44)68)35-63-27-23-19-15-11-3)40(8)48-32-47(59(71)52(60(48)72)36-64-28-24-20-16-12-4)39(7)45-30-43(37(41)5)55(67)50(57(45)69)34-62-26-22-18-14-10-2/h29-32,37-40,61-72H,9-28,33-36H2,1-8H3/p+4. The largest absolute Gasteiger partial charge is 0.507 e. The van der Waals surface area contributed by atoms with Crippen molar-refractivity contribution in [2.75, 3.05) is 26.2 Å². The highest BCUT2D eigenvalue weighted by molar-refractivity contribution is 5.67. The average Bonchev–Trinajstić information content (AvgIpc) is 3.36. The van der Waals surface area contributed by atoms with Crippen molar-refractivity contribution in [3.8, 4) is 46.0 Å². The zero-order valence-corrected chi connectivity index (χ0v) is 45.5. The van der Waals surface area contributed by atoms with E-state index in [4.69, 9.17) is 0 Å². The van der Waals surface area contributed by atoms with Gasteiger partial charge in [-0.25, -0.2) is 0 Å². The lowest BCUT2D eigenvalue weighted by Crippen LogP contribution is -2.82. The molecule has 4 aromatic carbocycles. The third kappa shape index (κ3) is 13.8. The van der Waals surface area contributed by atoms with Gasteiger partial charge in [0, 0.05) is 68.2 Å². The summed E-state index contributed by atoms with van der Waals surface area (Å²) < 4.78 is 0. The first-order chi connectivity index (χ1) is 34.7. The highest BCUT2D eigenvalue weighted by atomic mass is 16.3. The number of fused-ring (bicyclic) bond motifs is 8. The van der Waals surface area contributed by atoms with Gasteiger partial charge in [0.2, 0.25) is 0 Å². The molecule has 12 heteroatoms. The van der Waals surface area contributed by atoms with Crippen molar-refractivity contribution in [1.82, 2.24) is 0 Å². The Morgan fingerprint density at radius 2 is 0.444 bits per heavy atom. The molecule has 0 atom stereocenters. The summed E-state index contributed by atoms with van der Waals surface area (Å²) in [5.74, 6) is -3.26. The van der Waals surface area contributed by atoms with E-state index in [9.17, 15) is 40.9 Å².